The van der Waals surface area contributed by atoms with Crippen molar-refractivity contribution >= 4 is 21.6 Å². The number of rotatable bonds is 4. The topological polar surface area (TPSA) is 66.4 Å². The van der Waals surface area contributed by atoms with E-state index in [9.17, 15) is 8.42 Å². The zero-order valence-electron chi connectivity index (χ0n) is 7.27. The summed E-state index contributed by atoms with van der Waals surface area (Å²) >= 11 is 5.19. The molecule has 0 aliphatic heterocycles. The van der Waals surface area contributed by atoms with Gasteiger partial charge in [-0.05, 0) is 17.7 Å². The molecule has 1 aromatic carbocycles. The molecule has 0 aliphatic carbocycles. The Morgan fingerprint density at radius 3 is 2.36 bits per heavy atom. The molecule has 0 atom stereocenters. The second-order valence-corrected chi connectivity index (χ2v) is 5.10. The monoisotopic (exact) mass is 235 g/mol. The highest BCUT2D eigenvalue weighted by atomic mass is 35.5. The van der Waals surface area contributed by atoms with Gasteiger partial charge in [0.2, 0.25) is 10.0 Å². The molecule has 0 aliphatic rings. The molecule has 0 amide bonds. The number of nitrogens with one attached hydrogen (secondary N) is 1. The third kappa shape index (κ3) is 3.53. The molecule has 78 valence electrons. The highest BCUT2D eigenvalue weighted by Gasteiger charge is 2.06. The summed E-state index contributed by atoms with van der Waals surface area (Å²) in [6.07, 6.45) is 0. The van der Waals surface area contributed by atoms with E-state index in [-0.39, 0.29) is 12.3 Å². The van der Waals surface area contributed by atoms with E-state index in [0.29, 0.717) is 0 Å². The maximum Gasteiger partial charge on any atom is 0.225 e. The number of hydrogen-bond acceptors (Lipinski definition) is 3. The van der Waals surface area contributed by atoms with Crippen molar-refractivity contribution in [1.29, 1.82) is 0 Å². The lowest BCUT2D eigenvalue weighted by Gasteiger charge is -2.03. The maximum atomic E-state index is 10.9. The highest BCUT2D eigenvalue weighted by molar-refractivity contribution is 7.90. The molecule has 2 N–H and O–H groups in total. The van der Waals surface area contributed by atoms with Crippen molar-refractivity contribution in [2.75, 3.05) is 5.21 Å². The lowest BCUT2D eigenvalue weighted by Crippen LogP contribution is -2.23. The minimum absolute atomic E-state index is 0.147. The van der Waals surface area contributed by atoms with Gasteiger partial charge in [0.1, 0.15) is 11.0 Å². The quantitative estimate of drug-likeness (QED) is 0.766. The zero-order chi connectivity index (χ0) is 10.6. The first-order valence-corrected chi connectivity index (χ1v) is 6.03. The van der Waals surface area contributed by atoms with E-state index in [1.807, 2.05) is 0 Å². The van der Waals surface area contributed by atoms with E-state index in [1.165, 1.54) is 12.1 Å². The third-order valence-electron chi connectivity index (χ3n) is 1.58. The van der Waals surface area contributed by atoms with Crippen LogP contribution in [0.25, 0.3) is 0 Å². The van der Waals surface area contributed by atoms with Crippen LogP contribution in [0.3, 0.4) is 0 Å². The number of hydrogen-bond donors (Lipinski definition) is 2. The van der Waals surface area contributed by atoms with Gasteiger partial charge in [-0.25, -0.2) is 13.1 Å². The fourth-order valence-electron chi connectivity index (χ4n) is 0.846. The normalized spacial score (nSPS) is 11.5. The Morgan fingerprint density at radius 2 is 1.86 bits per heavy atom. The van der Waals surface area contributed by atoms with E-state index in [0.717, 1.165) is 5.56 Å². The van der Waals surface area contributed by atoms with E-state index < -0.39 is 15.2 Å². The summed E-state index contributed by atoms with van der Waals surface area (Å²) in [5.41, 5.74) is 0.761. The second-order valence-electron chi connectivity index (χ2n) is 2.71. The number of phenols is 1. The molecule has 0 aromatic heterocycles. The summed E-state index contributed by atoms with van der Waals surface area (Å²) in [4.78, 5) is 0. The van der Waals surface area contributed by atoms with Gasteiger partial charge >= 0.3 is 0 Å². The molecule has 1 rings (SSSR count). The molecule has 1 aromatic rings. The summed E-state index contributed by atoms with van der Waals surface area (Å²) in [6, 6.07) is 6.24. The first kappa shape index (κ1) is 11.3. The largest absolute Gasteiger partial charge is 0.508 e. The number of benzene rings is 1. The van der Waals surface area contributed by atoms with Gasteiger partial charge in [-0.2, -0.15) is 0 Å². The van der Waals surface area contributed by atoms with Gasteiger partial charge < -0.3 is 5.11 Å². The molecule has 14 heavy (non-hydrogen) atoms. The standard InChI is InChI=1S/C8H10ClNO3S/c9-6-14(12,13)10-5-7-1-3-8(11)4-2-7/h1-4,10-11H,5-6H2. The number of sulfonamides is 1. The van der Waals surface area contributed by atoms with Gasteiger partial charge in [0.15, 0.2) is 0 Å². The molecule has 6 heteroatoms. The number of aromatic hydroxyl groups is 1. The van der Waals surface area contributed by atoms with Gasteiger partial charge in [0.05, 0.1) is 0 Å². The van der Waals surface area contributed by atoms with Crippen molar-refractivity contribution in [2.45, 2.75) is 6.54 Å². The fraction of sp³-hybridized carbons (Fsp3) is 0.250. The Morgan fingerprint density at radius 1 is 1.29 bits per heavy atom. The van der Waals surface area contributed by atoms with Crippen LogP contribution < -0.4 is 4.72 Å². The fourth-order valence-corrected chi connectivity index (χ4v) is 1.54. The minimum Gasteiger partial charge on any atom is -0.508 e. The van der Waals surface area contributed by atoms with Crippen LogP contribution in [0.1, 0.15) is 5.56 Å². The van der Waals surface area contributed by atoms with Crippen LogP contribution in [-0.2, 0) is 16.6 Å². The van der Waals surface area contributed by atoms with Crippen molar-refractivity contribution < 1.29 is 13.5 Å². The van der Waals surface area contributed by atoms with Gasteiger partial charge in [0, 0.05) is 6.54 Å². The third-order valence-corrected chi connectivity index (χ3v) is 3.31. The molecule has 0 spiro atoms. The van der Waals surface area contributed by atoms with Crippen molar-refractivity contribution in [3.05, 3.63) is 29.8 Å². The van der Waals surface area contributed by atoms with E-state index >= 15 is 0 Å². The van der Waals surface area contributed by atoms with Crippen LogP contribution in [0.15, 0.2) is 24.3 Å². The summed E-state index contributed by atoms with van der Waals surface area (Å²) in [7, 11) is -3.37. The van der Waals surface area contributed by atoms with E-state index in [2.05, 4.69) is 4.72 Å². The Bertz CT molecular complexity index is 388. The SMILES string of the molecule is O=S(=O)(CCl)NCc1ccc(O)cc1. The predicted molar refractivity (Wildman–Crippen MR) is 54.6 cm³/mol. The molecular formula is C8H10ClNO3S. The minimum atomic E-state index is -3.37. The first-order valence-electron chi connectivity index (χ1n) is 3.85. The van der Waals surface area contributed by atoms with Gasteiger partial charge in [-0.3, -0.25) is 0 Å². The molecule has 0 fully saturated rings. The highest BCUT2D eigenvalue weighted by Crippen LogP contribution is 2.09. The second kappa shape index (κ2) is 4.63. The van der Waals surface area contributed by atoms with Crippen molar-refractivity contribution in [3.63, 3.8) is 0 Å². The van der Waals surface area contributed by atoms with Crippen LogP contribution in [0.2, 0.25) is 0 Å². The summed E-state index contributed by atoms with van der Waals surface area (Å²) in [5.74, 6) is 0.147. The maximum absolute atomic E-state index is 10.9. The van der Waals surface area contributed by atoms with Crippen LogP contribution >= 0.6 is 11.6 Å². The zero-order valence-corrected chi connectivity index (χ0v) is 8.85. The average molecular weight is 236 g/mol. The van der Waals surface area contributed by atoms with E-state index in [4.69, 9.17) is 16.7 Å². The lowest BCUT2D eigenvalue weighted by molar-refractivity contribution is 0.475. The van der Waals surface area contributed by atoms with Crippen molar-refractivity contribution in [1.82, 2.24) is 4.72 Å². The molecule has 0 bridgehead atoms. The van der Waals surface area contributed by atoms with Gasteiger partial charge in [-0.1, -0.05) is 12.1 Å². The summed E-state index contributed by atoms with van der Waals surface area (Å²) in [6.45, 7) is 0.176. The van der Waals surface area contributed by atoms with Gasteiger partial charge in [-0.15, -0.1) is 11.6 Å². The average Bonchev–Trinajstić information content (AvgIpc) is 2.17. The summed E-state index contributed by atoms with van der Waals surface area (Å²) in [5, 5.41) is 8.52. The van der Waals surface area contributed by atoms with Crippen LogP contribution in [0.5, 0.6) is 5.75 Å². The Balaban J connectivity index is 2.59. The van der Waals surface area contributed by atoms with Crippen molar-refractivity contribution in [3.8, 4) is 5.75 Å². The number of phenolic OH excluding ortho intramolecular Hbond substituents is 1. The molecule has 0 unspecified atom stereocenters. The molecule has 0 heterocycles. The molecular weight excluding hydrogens is 226 g/mol. The summed E-state index contributed by atoms with van der Waals surface area (Å²) < 4.78 is 24.2. The molecule has 0 saturated heterocycles. The Labute approximate surface area is 87.6 Å². The van der Waals surface area contributed by atoms with Crippen LogP contribution in [0, 0.1) is 0 Å². The number of alkyl halides is 1. The van der Waals surface area contributed by atoms with Crippen LogP contribution in [-0.4, -0.2) is 18.7 Å². The molecule has 0 saturated carbocycles. The van der Waals surface area contributed by atoms with E-state index in [1.54, 1.807) is 12.1 Å². The molecule has 0 radical (unpaired) electrons. The van der Waals surface area contributed by atoms with Crippen molar-refractivity contribution in [2.24, 2.45) is 0 Å². The number of halogens is 1. The predicted octanol–water partition coefficient (Wildman–Crippen LogP) is 1.01. The van der Waals surface area contributed by atoms with Crippen LogP contribution in [0.4, 0.5) is 0 Å². The van der Waals surface area contributed by atoms with Gasteiger partial charge in [0.25, 0.3) is 0 Å². The smallest absolute Gasteiger partial charge is 0.225 e. The molecule has 4 nitrogen and oxygen atoms in total. The lowest BCUT2D eigenvalue weighted by atomic mass is 10.2. The Hall–Kier alpha value is -0.780. The Kier molecular flexibility index (Phi) is 3.74. The first-order chi connectivity index (χ1) is 6.53.